The van der Waals surface area contributed by atoms with Crippen molar-refractivity contribution in [3.63, 3.8) is 0 Å². The van der Waals surface area contributed by atoms with Gasteiger partial charge in [-0.15, -0.1) is 0 Å². The Morgan fingerprint density at radius 1 is 1.47 bits per heavy atom. The molecule has 0 aromatic carbocycles. The van der Waals surface area contributed by atoms with Gasteiger partial charge < -0.3 is 11.1 Å². The van der Waals surface area contributed by atoms with Crippen LogP contribution in [-0.4, -0.2) is 32.4 Å². The van der Waals surface area contributed by atoms with Crippen LogP contribution in [0, 0.1) is 11.3 Å². The molecule has 0 fully saturated rings. The van der Waals surface area contributed by atoms with Crippen LogP contribution < -0.4 is 5.73 Å². The lowest BCUT2D eigenvalue weighted by Crippen LogP contribution is -2.35. The minimum absolute atomic E-state index is 0.212. The fourth-order valence-electron chi connectivity index (χ4n) is 0.931. The van der Waals surface area contributed by atoms with E-state index in [4.69, 9.17) is 11.1 Å². The van der Waals surface area contributed by atoms with Gasteiger partial charge in [0.15, 0.2) is 0 Å². The standard InChI is InChI=1S/C7H12N2O5S/c1-2-4(7(9)11)6(8)5(10)3-14-15(12)13/h4,8,15H,2-3H2,1H3,(H2,9,11). The number of hydrogen-bond donors (Lipinski definition) is 3. The highest BCUT2D eigenvalue weighted by Crippen LogP contribution is 2.04. The van der Waals surface area contributed by atoms with E-state index in [1.54, 1.807) is 6.92 Å². The van der Waals surface area contributed by atoms with Crippen molar-refractivity contribution in [2.24, 2.45) is 11.7 Å². The summed E-state index contributed by atoms with van der Waals surface area (Å²) in [6.45, 7) is 0.827. The van der Waals surface area contributed by atoms with Crippen molar-refractivity contribution in [3.8, 4) is 0 Å². The van der Waals surface area contributed by atoms with Crippen molar-refractivity contribution in [1.82, 2.24) is 0 Å². The van der Waals surface area contributed by atoms with Gasteiger partial charge >= 0.3 is 0 Å². The van der Waals surface area contributed by atoms with Gasteiger partial charge in [-0.2, -0.15) is 0 Å². The topological polar surface area (TPSA) is 127 Å². The van der Waals surface area contributed by atoms with E-state index in [1.807, 2.05) is 0 Å². The first-order chi connectivity index (χ1) is 6.90. The van der Waals surface area contributed by atoms with E-state index in [-0.39, 0.29) is 6.42 Å². The molecule has 0 radical (unpaired) electrons. The molecule has 8 heteroatoms. The minimum atomic E-state index is -3.13. The molecule has 1 unspecified atom stereocenters. The van der Waals surface area contributed by atoms with E-state index in [2.05, 4.69) is 4.18 Å². The Labute approximate surface area is 88.3 Å². The number of ketones is 1. The highest BCUT2D eigenvalue weighted by atomic mass is 32.2. The Bertz CT molecular complexity index is 341. The number of hydrogen-bond acceptors (Lipinski definition) is 6. The molecule has 0 rings (SSSR count). The van der Waals surface area contributed by atoms with Crippen molar-refractivity contribution in [3.05, 3.63) is 0 Å². The summed E-state index contributed by atoms with van der Waals surface area (Å²) in [4.78, 5) is 21.9. The number of carbonyl (C=O) groups excluding carboxylic acids is 2. The van der Waals surface area contributed by atoms with Gasteiger partial charge in [0.1, 0.15) is 6.61 Å². The zero-order chi connectivity index (χ0) is 12.0. The lowest BCUT2D eigenvalue weighted by Gasteiger charge is -2.10. The van der Waals surface area contributed by atoms with Gasteiger partial charge in [-0.05, 0) is 6.42 Å². The molecule has 86 valence electrons. The number of thiol groups is 1. The van der Waals surface area contributed by atoms with E-state index in [1.165, 1.54) is 0 Å². The fourth-order valence-corrected chi connectivity index (χ4v) is 1.15. The summed E-state index contributed by atoms with van der Waals surface area (Å²) in [6.07, 6.45) is 0.212. The zero-order valence-electron chi connectivity index (χ0n) is 8.06. The number of nitrogens with two attached hydrogens (primary N) is 1. The first kappa shape index (κ1) is 13.7. The van der Waals surface area contributed by atoms with Crippen molar-refractivity contribution in [2.75, 3.05) is 6.61 Å². The number of carbonyl (C=O) groups is 2. The molecule has 7 nitrogen and oxygen atoms in total. The van der Waals surface area contributed by atoms with Crippen LogP contribution in [0.4, 0.5) is 0 Å². The average molecular weight is 236 g/mol. The largest absolute Gasteiger partial charge is 0.369 e. The van der Waals surface area contributed by atoms with E-state index < -0.39 is 40.9 Å². The summed E-state index contributed by atoms with van der Waals surface area (Å²) in [7, 11) is -3.13. The molecule has 3 N–H and O–H groups in total. The highest BCUT2D eigenvalue weighted by molar-refractivity contribution is 7.67. The maximum atomic E-state index is 11.1. The van der Waals surface area contributed by atoms with Crippen molar-refractivity contribution in [1.29, 1.82) is 5.41 Å². The Morgan fingerprint density at radius 2 is 2.00 bits per heavy atom. The van der Waals surface area contributed by atoms with Crippen molar-refractivity contribution < 1.29 is 22.2 Å². The summed E-state index contributed by atoms with van der Waals surface area (Å²) >= 11 is 0. The molecule has 0 aliphatic rings. The van der Waals surface area contributed by atoms with Crippen LogP contribution in [-0.2, 0) is 24.8 Å². The molecular formula is C7H12N2O5S. The summed E-state index contributed by atoms with van der Waals surface area (Å²) in [5.41, 5.74) is 4.42. The van der Waals surface area contributed by atoms with Crippen molar-refractivity contribution >= 4 is 28.4 Å². The molecule has 15 heavy (non-hydrogen) atoms. The average Bonchev–Trinajstić information content (AvgIpc) is 2.14. The van der Waals surface area contributed by atoms with Gasteiger partial charge in [0.05, 0.1) is 11.6 Å². The normalized spacial score (nSPS) is 12.4. The van der Waals surface area contributed by atoms with Gasteiger partial charge in [-0.3, -0.25) is 13.8 Å². The molecule has 0 aliphatic heterocycles. The van der Waals surface area contributed by atoms with Crippen LogP contribution in [0.5, 0.6) is 0 Å². The number of primary amides is 1. The highest BCUT2D eigenvalue weighted by Gasteiger charge is 2.24. The molecule has 1 amide bonds. The van der Waals surface area contributed by atoms with E-state index in [9.17, 15) is 18.0 Å². The Morgan fingerprint density at radius 3 is 2.33 bits per heavy atom. The molecule has 0 saturated heterocycles. The third-order valence-corrected chi connectivity index (χ3v) is 2.04. The van der Waals surface area contributed by atoms with Crippen LogP contribution in [0.15, 0.2) is 0 Å². The lowest BCUT2D eigenvalue weighted by atomic mass is 9.97. The summed E-state index contributed by atoms with van der Waals surface area (Å²) in [5.74, 6) is -2.65. The van der Waals surface area contributed by atoms with Gasteiger partial charge in [0.25, 0.3) is 11.0 Å². The van der Waals surface area contributed by atoms with Gasteiger partial charge in [0.2, 0.25) is 11.7 Å². The van der Waals surface area contributed by atoms with Crippen molar-refractivity contribution in [2.45, 2.75) is 13.3 Å². The van der Waals surface area contributed by atoms with Gasteiger partial charge in [-0.1, -0.05) is 6.92 Å². The lowest BCUT2D eigenvalue weighted by molar-refractivity contribution is -0.121. The smallest absolute Gasteiger partial charge is 0.257 e. The van der Waals surface area contributed by atoms with E-state index >= 15 is 0 Å². The van der Waals surface area contributed by atoms with E-state index in [0.717, 1.165) is 0 Å². The molecule has 0 bridgehead atoms. The second-order valence-electron chi connectivity index (χ2n) is 2.70. The molecule has 0 spiro atoms. The van der Waals surface area contributed by atoms with Crippen LogP contribution in [0.3, 0.4) is 0 Å². The minimum Gasteiger partial charge on any atom is -0.369 e. The van der Waals surface area contributed by atoms with Crippen LogP contribution >= 0.6 is 0 Å². The molecule has 1 atom stereocenters. The summed E-state index contributed by atoms with van der Waals surface area (Å²) in [6, 6.07) is 0. The maximum Gasteiger partial charge on any atom is 0.257 e. The number of rotatable bonds is 7. The molecular weight excluding hydrogens is 224 g/mol. The number of nitrogens with one attached hydrogen (secondary N) is 1. The molecule has 0 aliphatic carbocycles. The Kier molecular flexibility index (Phi) is 5.72. The molecule has 0 saturated carbocycles. The van der Waals surface area contributed by atoms with Crippen LogP contribution in [0.25, 0.3) is 0 Å². The number of amides is 1. The Hall–Kier alpha value is -1.28. The zero-order valence-corrected chi connectivity index (χ0v) is 8.95. The second kappa shape index (κ2) is 6.25. The second-order valence-corrected chi connectivity index (χ2v) is 3.40. The quantitative estimate of drug-likeness (QED) is 0.371. The monoisotopic (exact) mass is 236 g/mol. The maximum absolute atomic E-state index is 11.1. The Balaban J connectivity index is 4.42. The van der Waals surface area contributed by atoms with E-state index in [0.29, 0.717) is 0 Å². The predicted octanol–water partition coefficient (Wildman–Crippen LogP) is -1.37. The molecule has 0 aromatic heterocycles. The SMILES string of the molecule is CCC(C(=N)C(=O)CO[SH](=O)=O)C(N)=O. The van der Waals surface area contributed by atoms with Crippen LogP contribution in [0.1, 0.15) is 13.3 Å². The van der Waals surface area contributed by atoms with Gasteiger partial charge in [-0.25, -0.2) is 8.42 Å². The van der Waals surface area contributed by atoms with Gasteiger partial charge in [0, 0.05) is 0 Å². The van der Waals surface area contributed by atoms with Crippen LogP contribution in [0.2, 0.25) is 0 Å². The predicted molar refractivity (Wildman–Crippen MR) is 52.0 cm³/mol. The summed E-state index contributed by atoms with van der Waals surface area (Å²) < 4.78 is 24.0. The summed E-state index contributed by atoms with van der Waals surface area (Å²) in [5, 5.41) is 7.30. The first-order valence-corrected chi connectivity index (χ1v) is 5.18. The fraction of sp³-hybridized carbons (Fsp3) is 0.571. The third kappa shape index (κ3) is 4.66. The molecule has 0 heterocycles. The number of Topliss-reactive ketones (excluding diaryl/α,β-unsaturated/α-hetero) is 1. The first-order valence-electron chi connectivity index (χ1n) is 4.08. The third-order valence-electron chi connectivity index (χ3n) is 1.70. The molecule has 0 aromatic rings.